The van der Waals surface area contributed by atoms with Gasteiger partial charge >= 0.3 is 0 Å². The van der Waals surface area contributed by atoms with Crippen LogP contribution < -0.4 is 5.32 Å². The molecule has 6 nitrogen and oxygen atoms in total. The van der Waals surface area contributed by atoms with Crippen molar-refractivity contribution in [1.82, 2.24) is 13.9 Å². The van der Waals surface area contributed by atoms with E-state index in [4.69, 9.17) is 11.6 Å². The quantitative estimate of drug-likeness (QED) is 0.642. The maximum Gasteiger partial charge on any atom is 0.262 e. The van der Waals surface area contributed by atoms with Crippen LogP contribution in [0.15, 0.2) is 60.0 Å². The van der Waals surface area contributed by atoms with Gasteiger partial charge < -0.3 is 9.88 Å². The molecule has 10 heteroatoms. The molecule has 2 aromatic carbocycles. The van der Waals surface area contributed by atoms with Crippen molar-refractivity contribution in [2.75, 3.05) is 18.4 Å². The van der Waals surface area contributed by atoms with E-state index in [-0.39, 0.29) is 40.9 Å². The number of sulfonamides is 1. The fourth-order valence-electron chi connectivity index (χ4n) is 3.61. The van der Waals surface area contributed by atoms with Gasteiger partial charge in [-0.1, -0.05) is 23.7 Å². The summed E-state index contributed by atoms with van der Waals surface area (Å²) in [6.07, 6.45) is 2.87. The van der Waals surface area contributed by atoms with Gasteiger partial charge in [-0.05, 0) is 35.9 Å². The second-order valence-electron chi connectivity index (χ2n) is 7.24. The Morgan fingerprint density at radius 1 is 1.13 bits per heavy atom. The molecule has 0 amide bonds. The molecule has 1 fully saturated rings. The molecular formula is C20H19ClF2N4O2S. The molecule has 0 spiro atoms. The van der Waals surface area contributed by atoms with Gasteiger partial charge in [-0.2, -0.15) is 4.31 Å². The average Bonchev–Trinajstić information content (AvgIpc) is 3.33. The predicted molar refractivity (Wildman–Crippen MR) is 110 cm³/mol. The lowest BCUT2D eigenvalue weighted by Gasteiger charge is -2.21. The highest BCUT2D eigenvalue weighted by atomic mass is 35.5. The van der Waals surface area contributed by atoms with Crippen LogP contribution in [0.4, 0.5) is 14.5 Å². The highest BCUT2D eigenvalue weighted by Crippen LogP contribution is 2.33. The Balaban J connectivity index is 1.66. The van der Waals surface area contributed by atoms with E-state index < -0.39 is 15.8 Å². The number of nitrogens with one attached hydrogen (secondary N) is 1. The fraction of sp³-hybridized carbons (Fsp3) is 0.250. The summed E-state index contributed by atoms with van der Waals surface area (Å²) in [6, 6.07) is 9.90. The second kappa shape index (κ2) is 7.98. The molecule has 1 aromatic heterocycles. The lowest BCUT2D eigenvalue weighted by molar-refractivity contribution is 0.468. The monoisotopic (exact) mass is 452 g/mol. The molecule has 0 saturated carbocycles. The van der Waals surface area contributed by atoms with Gasteiger partial charge in [-0.3, -0.25) is 0 Å². The number of anilines is 1. The summed E-state index contributed by atoms with van der Waals surface area (Å²) in [6.45, 7) is 0.323. The summed E-state index contributed by atoms with van der Waals surface area (Å²) >= 11 is 5.75. The molecule has 1 N–H and O–H groups in total. The number of rotatable bonds is 5. The highest BCUT2D eigenvalue weighted by molar-refractivity contribution is 7.89. The van der Waals surface area contributed by atoms with E-state index >= 15 is 0 Å². The number of nitrogens with zero attached hydrogens (tertiary/aromatic N) is 3. The normalized spacial score (nSPS) is 19.9. The standard InChI is InChI=1S/C20H19ClF2N4O2S/c1-26-11-20(24-12-26)30(28,29)27-9-16(13-2-4-14(22)5-3-13)19(10-27)25-15-6-7-17(21)18(23)8-15/h2-8,11-12,16,19,25H,9-10H2,1H3/t16-,19+/m0/s1. The molecule has 2 heterocycles. The minimum absolute atomic E-state index is 0.00131. The van der Waals surface area contributed by atoms with E-state index in [0.29, 0.717) is 5.69 Å². The molecule has 30 heavy (non-hydrogen) atoms. The van der Waals surface area contributed by atoms with Crippen LogP contribution >= 0.6 is 11.6 Å². The topological polar surface area (TPSA) is 67.2 Å². The number of imidazole rings is 1. The van der Waals surface area contributed by atoms with Gasteiger partial charge in [0.15, 0.2) is 5.03 Å². The smallest absolute Gasteiger partial charge is 0.262 e. The Kier molecular flexibility index (Phi) is 5.52. The largest absolute Gasteiger partial charge is 0.380 e. The van der Waals surface area contributed by atoms with Crippen molar-refractivity contribution in [2.45, 2.75) is 17.0 Å². The summed E-state index contributed by atoms with van der Waals surface area (Å²) < 4.78 is 56.3. The van der Waals surface area contributed by atoms with Crippen LogP contribution in [0.5, 0.6) is 0 Å². The van der Waals surface area contributed by atoms with E-state index in [9.17, 15) is 17.2 Å². The third kappa shape index (κ3) is 4.05. The first kappa shape index (κ1) is 20.8. The SMILES string of the molecule is Cn1cnc(S(=O)(=O)N2C[C@@H](Nc3ccc(Cl)c(F)c3)[C@H](c3ccc(F)cc3)C2)c1. The van der Waals surface area contributed by atoms with Crippen molar-refractivity contribution in [3.8, 4) is 0 Å². The van der Waals surface area contributed by atoms with Crippen molar-refractivity contribution in [3.05, 3.63) is 77.2 Å². The number of benzene rings is 2. The summed E-state index contributed by atoms with van der Waals surface area (Å²) in [7, 11) is -2.12. The molecule has 4 rings (SSSR count). The Morgan fingerprint density at radius 3 is 2.50 bits per heavy atom. The van der Waals surface area contributed by atoms with Crippen LogP contribution in [0, 0.1) is 11.6 Å². The molecule has 1 saturated heterocycles. The minimum atomic E-state index is -3.81. The molecular weight excluding hydrogens is 434 g/mol. The first-order valence-electron chi connectivity index (χ1n) is 9.19. The Morgan fingerprint density at radius 2 is 1.87 bits per heavy atom. The first-order chi connectivity index (χ1) is 14.2. The summed E-state index contributed by atoms with van der Waals surface area (Å²) in [5.74, 6) is -1.22. The maximum absolute atomic E-state index is 13.9. The van der Waals surface area contributed by atoms with Crippen LogP contribution in [-0.4, -0.2) is 41.4 Å². The number of halogens is 3. The van der Waals surface area contributed by atoms with Crippen LogP contribution in [0.1, 0.15) is 11.5 Å². The Hall–Kier alpha value is -2.49. The van der Waals surface area contributed by atoms with E-state index in [0.717, 1.165) is 5.56 Å². The maximum atomic E-state index is 13.9. The van der Waals surface area contributed by atoms with Gasteiger partial charge in [0.2, 0.25) is 0 Å². The first-order valence-corrected chi connectivity index (χ1v) is 11.0. The Labute approximate surface area is 178 Å². The van der Waals surface area contributed by atoms with Gasteiger partial charge in [-0.15, -0.1) is 0 Å². The molecule has 0 unspecified atom stereocenters. The summed E-state index contributed by atoms with van der Waals surface area (Å²) in [5, 5.41) is 3.17. The van der Waals surface area contributed by atoms with Crippen molar-refractivity contribution >= 4 is 27.3 Å². The zero-order chi connectivity index (χ0) is 21.5. The molecule has 1 aliphatic heterocycles. The number of hydrogen-bond acceptors (Lipinski definition) is 4. The number of aromatic nitrogens is 2. The van der Waals surface area contributed by atoms with E-state index in [2.05, 4.69) is 10.3 Å². The molecule has 0 aliphatic carbocycles. The Bertz CT molecular complexity index is 1170. The summed E-state index contributed by atoms with van der Waals surface area (Å²) in [4.78, 5) is 3.97. The second-order valence-corrected chi connectivity index (χ2v) is 9.53. The predicted octanol–water partition coefficient (Wildman–Crippen LogP) is 3.62. The van der Waals surface area contributed by atoms with Crippen LogP contribution in [0.2, 0.25) is 5.02 Å². The van der Waals surface area contributed by atoms with Gasteiger partial charge in [0.25, 0.3) is 10.0 Å². The zero-order valence-corrected chi connectivity index (χ0v) is 17.5. The summed E-state index contributed by atoms with van der Waals surface area (Å²) in [5.41, 5.74) is 1.26. The molecule has 3 aromatic rings. The third-order valence-corrected chi connectivity index (χ3v) is 7.17. The minimum Gasteiger partial charge on any atom is -0.380 e. The van der Waals surface area contributed by atoms with E-state index in [1.54, 1.807) is 29.8 Å². The van der Waals surface area contributed by atoms with Crippen molar-refractivity contribution in [2.24, 2.45) is 7.05 Å². The fourth-order valence-corrected chi connectivity index (χ4v) is 5.19. The zero-order valence-electron chi connectivity index (χ0n) is 16.0. The van der Waals surface area contributed by atoms with Crippen molar-refractivity contribution < 1.29 is 17.2 Å². The van der Waals surface area contributed by atoms with Gasteiger partial charge in [0, 0.05) is 44.0 Å². The molecule has 2 atom stereocenters. The van der Waals surface area contributed by atoms with Crippen LogP contribution in [0.25, 0.3) is 0 Å². The molecule has 0 bridgehead atoms. The molecule has 158 valence electrons. The number of hydrogen-bond donors (Lipinski definition) is 1. The van der Waals surface area contributed by atoms with Crippen molar-refractivity contribution in [1.29, 1.82) is 0 Å². The third-order valence-electron chi connectivity index (χ3n) is 5.14. The lowest BCUT2D eigenvalue weighted by atomic mass is 9.94. The average molecular weight is 453 g/mol. The van der Waals surface area contributed by atoms with E-state index in [1.165, 1.54) is 41.1 Å². The van der Waals surface area contributed by atoms with Gasteiger partial charge in [0.05, 0.1) is 11.3 Å². The van der Waals surface area contributed by atoms with Gasteiger partial charge in [-0.25, -0.2) is 22.2 Å². The van der Waals surface area contributed by atoms with Gasteiger partial charge in [0.1, 0.15) is 11.6 Å². The number of aryl methyl sites for hydroxylation is 1. The van der Waals surface area contributed by atoms with Crippen molar-refractivity contribution in [3.63, 3.8) is 0 Å². The lowest BCUT2D eigenvalue weighted by Crippen LogP contribution is -2.32. The molecule has 0 radical (unpaired) electrons. The highest BCUT2D eigenvalue weighted by Gasteiger charge is 2.41. The van der Waals surface area contributed by atoms with Crippen LogP contribution in [0.3, 0.4) is 0 Å². The molecule has 1 aliphatic rings. The van der Waals surface area contributed by atoms with Crippen LogP contribution in [-0.2, 0) is 17.1 Å². The van der Waals surface area contributed by atoms with E-state index in [1.807, 2.05) is 0 Å².